The Morgan fingerprint density at radius 2 is 2.13 bits per heavy atom. The number of hydrogen-bond acceptors (Lipinski definition) is 5. The van der Waals surface area contributed by atoms with E-state index in [1.165, 1.54) is 6.26 Å². The van der Waals surface area contributed by atoms with Gasteiger partial charge in [-0.05, 0) is 31.4 Å². The van der Waals surface area contributed by atoms with Gasteiger partial charge in [0.15, 0.2) is 6.61 Å². The monoisotopic (exact) mass is 341 g/mol. The van der Waals surface area contributed by atoms with E-state index in [1.807, 2.05) is 18.2 Å². The molecule has 1 atom stereocenters. The van der Waals surface area contributed by atoms with Gasteiger partial charge in [-0.15, -0.1) is 0 Å². The molecule has 1 aromatic carbocycles. The second-order valence-corrected chi connectivity index (χ2v) is 8.31. The van der Waals surface area contributed by atoms with Crippen molar-refractivity contribution in [2.24, 2.45) is 5.92 Å². The van der Waals surface area contributed by atoms with Crippen LogP contribution >= 0.6 is 0 Å². The van der Waals surface area contributed by atoms with Gasteiger partial charge in [-0.3, -0.25) is 4.90 Å². The highest BCUT2D eigenvalue weighted by Gasteiger charge is 2.23. The Morgan fingerprint density at radius 1 is 1.39 bits per heavy atom. The molecule has 1 saturated heterocycles. The molecule has 1 aliphatic heterocycles. The van der Waals surface area contributed by atoms with E-state index in [4.69, 9.17) is 9.84 Å². The molecule has 0 radical (unpaired) electrons. The van der Waals surface area contributed by atoms with Gasteiger partial charge in [0.1, 0.15) is 15.6 Å². The predicted octanol–water partition coefficient (Wildman–Crippen LogP) is 1.41. The summed E-state index contributed by atoms with van der Waals surface area (Å²) in [6.45, 7) is 1.91. The maximum absolute atomic E-state index is 11.5. The van der Waals surface area contributed by atoms with Crippen LogP contribution in [0.1, 0.15) is 18.4 Å². The second kappa shape index (κ2) is 7.79. The lowest BCUT2D eigenvalue weighted by Gasteiger charge is -2.32. The summed E-state index contributed by atoms with van der Waals surface area (Å²) in [7, 11) is -2.96. The molecule has 0 spiro atoms. The summed E-state index contributed by atoms with van der Waals surface area (Å²) in [5.41, 5.74) is 0.925. The fourth-order valence-electron chi connectivity index (χ4n) is 3.01. The van der Waals surface area contributed by atoms with E-state index in [-0.39, 0.29) is 18.3 Å². The van der Waals surface area contributed by atoms with Gasteiger partial charge in [-0.1, -0.05) is 18.2 Å². The first-order valence-corrected chi connectivity index (χ1v) is 9.72. The van der Waals surface area contributed by atoms with Crippen LogP contribution in [0.3, 0.4) is 0 Å². The maximum Gasteiger partial charge on any atom is 0.341 e. The number of carboxylic acid groups (broad SMARTS) is 1. The van der Waals surface area contributed by atoms with Crippen LogP contribution in [0, 0.1) is 5.92 Å². The van der Waals surface area contributed by atoms with Crippen molar-refractivity contribution < 1.29 is 23.1 Å². The van der Waals surface area contributed by atoms with Crippen LogP contribution in [-0.2, 0) is 21.2 Å². The Morgan fingerprint density at radius 3 is 2.83 bits per heavy atom. The molecule has 0 saturated carbocycles. The van der Waals surface area contributed by atoms with E-state index in [2.05, 4.69) is 4.90 Å². The van der Waals surface area contributed by atoms with E-state index in [0.29, 0.717) is 12.3 Å². The highest BCUT2D eigenvalue weighted by Crippen LogP contribution is 2.24. The Hall–Kier alpha value is -1.60. The summed E-state index contributed by atoms with van der Waals surface area (Å²) >= 11 is 0. The summed E-state index contributed by atoms with van der Waals surface area (Å²) in [5.74, 6) is -0.0577. The van der Waals surface area contributed by atoms with Crippen molar-refractivity contribution in [1.29, 1.82) is 0 Å². The largest absolute Gasteiger partial charge is 0.482 e. The first-order chi connectivity index (χ1) is 10.8. The van der Waals surface area contributed by atoms with Crippen LogP contribution in [0.25, 0.3) is 0 Å². The number of carbonyl (C=O) groups is 1. The first-order valence-electron chi connectivity index (χ1n) is 7.66. The molecule has 1 N–H and O–H groups in total. The van der Waals surface area contributed by atoms with Crippen LogP contribution in [0.2, 0.25) is 0 Å². The second-order valence-electron chi connectivity index (χ2n) is 6.13. The number of rotatable bonds is 7. The van der Waals surface area contributed by atoms with E-state index < -0.39 is 15.8 Å². The molecule has 6 nitrogen and oxygen atoms in total. The lowest BCUT2D eigenvalue weighted by atomic mass is 9.99. The molecule has 23 heavy (non-hydrogen) atoms. The summed E-state index contributed by atoms with van der Waals surface area (Å²) < 4.78 is 28.3. The Labute approximate surface area is 137 Å². The zero-order valence-corrected chi connectivity index (χ0v) is 14.1. The van der Waals surface area contributed by atoms with Crippen molar-refractivity contribution in [3.63, 3.8) is 0 Å². The molecular formula is C16H23NO5S. The number of para-hydroxylation sites is 1. The van der Waals surface area contributed by atoms with E-state index in [1.54, 1.807) is 6.07 Å². The summed E-state index contributed by atoms with van der Waals surface area (Å²) in [6, 6.07) is 7.37. The lowest BCUT2D eigenvalue weighted by molar-refractivity contribution is -0.139. The molecule has 128 valence electrons. The molecule has 0 aliphatic carbocycles. The quantitative estimate of drug-likeness (QED) is 0.807. The number of sulfone groups is 1. The standard InChI is InChI=1S/C16H23NO5S/c1-23(20,21)12-13-5-4-8-17(9-13)10-14-6-2-3-7-15(14)22-11-16(18)19/h2-3,6-7,13H,4-5,8-12H2,1H3,(H,18,19). The minimum Gasteiger partial charge on any atom is -0.482 e. The normalized spacial score (nSPS) is 19.4. The zero-order valence-electron chi connectivity index (χ0n) is 13.3. The molecule has 0 bridgehead atoms. The average Bonchev–Trinajstić information content (AvgIpc) is 2.45. The molecule has 1 aromatic rings. The van der Waals surface area contributed by atoms with Crippen LogP contribution < -0.4 is 4.74 Å². The van der Waals surface area contributed by atoms with Gasteiger partial charge < -0.3 is 9.84 Å². The average molecular weight is 341 g/mol. The number of nitrogens with zero attached hydrogens (tertiary/aromatic N) is 1. The highest BCUT2D eigenvalue weighted by molar-refractivity contribution is 7.90. The van der Waals surface area contributed by atoms with E-state index >= 15 is 0 Å². The molecular weight excluding hydrogens is 318 g/mol. The number of benzene rings is 1. The van der Waals surface area contributed by atoms with E-state index in [0.717, 1.165) is 31.5 Å². The van der Waals surface area contributed by atoms with Gasteiger partial charge in [-0.25, -0.2) is 13.2 Å². The van der Waals surface area contributed by atoms with Crippen molar-refractivity contribution in [3.8, 4) is 5.75 Å². The number of aliphatic carboxylic acids is 1. The minimum absolute atomic E-state index is 0.158. The zero-order chi connectivity index (χ0) is 16.9. The molecule has 1 heterocycles. The minimum atomic E-state index is -2.96. The van der Waals surface area contributed by atoms with Gasteiger partial charge in [0.25, 0.3) is 0 Å². The highest BCUT2D eigenvalue weighted by atomic mass is 32.2. The third-order valence-electron chi connectivity index (χ3n) is 3.86. The summed E-state index contributed by atoms with van der Waals surface area (Å²) in [5, 5.41) is 8.74. The van der Waals surface area contributed by atoms with Crippen LogP contribution in [-0.4, -0.2) is 56.1 Å². The number of piperidine rings is 1. The van der Waals surface area contributed by atoms with Crippen molar-refractivity contribution >= 4 is 15.8 Å². The van der Waals surface area contributed by atoms with Crippen molar-refractivity contribution in [2.45, 2.75) is 19.4 Å². The van der Waals surface area contributed by atoms with Gasteiger partial charge >= 0.3 is 5.97 Å². The molecule has 7 heteroatoms. The summed E-state index contributed by atoms with van der Waals surface area (Å²) in [4.78, 5) is 12.9. The molecule has 0 amide bonds. The van der Waals surface area contributed by atoms with E-state index in [9.17, 15) is 13.2 Å². The summed E-state index contributed by atoms with van der Waals surface area (Å²) in [6.07, 6.45) is 3.18. The Kier molecular flexibility index (Phi) is 6.01. The topological polar surface area (TPSA) is 83.9 Å². The number of likely N-dealkylation sites (tertiary alicyclic amines) is 1. The first kappa shape index (κ1) is 17.7. The van der Waals surface area contributed by atoms with Crippen molar-refractivity contribution in [2.75, 3.05) is 31.7 Å². The third-order valence-corrected chi connectivity index (χ3v) is 4.94. The Bertz CT molecular complexity index is 644. The third kappa shape index (κ3) is 6.19. The number of ether oxygens (including phenoxy) is 1. The number of carboxylic acids is 1. The SMILES string of the molecule is CS(=O)(=O)CC1CCCN(Cc2ccccc2OCC(=O)O)C1. The van der Waals surface area contributed by atoms with Crippen LogP contribution in [0.5, 0.6) is 5.75 Å². The Balaban J connectivity index is 1.99. The maximum atomic E-state index is 11.5. The molecule has 2 rings (SSSR count). The molecule has 1 unspecified atom stereocenters. The predicted molar refractivity (Wildman–Crippen MR) is 87.3 cm³/mol. The van der Waals surface area contributed by atoms with Crippen molar-refractivity contribution in [1.82, 2.24) is 4.90 Å². The van der Waals surface area contributed by atoms with Gasteiger partial charge in [-0.2, -0.15) is 0 Å². The molecule has 0 aromatic heterocycles. The van der Waals surface area contributed by atoms with Gasteiger partial charge in [0, 0.05) is 24.9 Å². The van der Waals surface area contributed by atoms with Gasteiger partial charge in [0.2, 0.25) is 0 Å². The smallest absolute Gasteiger partial charge is 0.341 e. The fraction of sp³-hybridized carbons (Fsp3) is 0.562. The van der Waals surface area contributed by atoms with Crippen molar-refractivity contribution in [3.05, 3.63) is 29.8 Å². The number of hydrogen-bond donors (Lipinski definition) is 1. The molecule has 1 fully saturated rings. The molecule has 1 aliphatic rings. The van der Waals surface area contributed by atoms with Crippen LogP contribution in [0.15, 0.2) is 24.3 Å². The van der Waals surface area contributed by atoms with Crippen LogP contribution in [0.4, 0.5) is 0 Å². The van der Waals surface area contributed by atoms with Gasteiger partial charge in [0.05, 0.1) is 5.75 Å². The lowest BCUT2D eigenvalue weighted by Crippen LogP contribution is -2.37. The fourth-order valence-corrected chi connectivity index (χ4v) is 4.14.